The predicted octanol–water partition coefficient (Wildman–Crippen LogP) is 6.40. The fourth-order valence-electron chi connectivity index (χ4n) is 6.18. The second-order valence-electron chi connectivity index (χ2n) is 14.4. The van der Waals surface area contributed by atoms with Crippen molar-refractivity contribution in [2.24, 2.45) is 0 Å². The number of rotatable bonds is 5. The first kappa shape index (κ1) is 37.3. The highest BCUT2D eigenvalue weighted by Crippen LogP contribution is 2.38. The van der Waals surface area contributed by atoms with E-state index in [0.717, 1.165) is 35.7 Å². The molecule has 0 amide bonds. The zero-order valence-corrected chi connectivity index (χ0v) is 32.6. The van der Waals surface area contributed by atoms with E-state index in [9.17, 15) is 21.9 Å². The fraction of sp³-hybridized carbons (Fsp3) is 0.316. The number of hydrogen-bond acceptors (Lipinski definition) is 9. The summed E-state index contributed by atoms with van der Waals surface area (Å²) < 4.78 is 66.9. The van der Waals surface area contributed by atoms with Crippen LogP contribution in [0.5, 0.6) is 5.75 Å². The summed E-state index contributed by atoms with van der Waals surface area (Å²) in [7, 11) is -8.23. The van der Waals surface area contributed by atoms with Crippen LogP contribution in [0.3, 0.4) is 0 Å². The van der Waals surface area contributed by atoms with Gasteiger partial charge < -0.3 is 14.4 Å². The number of phenolic OH excluding ortho intramolecular Hbond substituents is 1. The molecule has 0 saturated carbocycles. The lowest BCUT2D eigenvalue weighted by atomic mass is 9.73. The van der Waals surface area contributed by atoms with Gasteiger partial charge in [0.2, 0.25) is 0 Å². The van der Waals surface area contributed by atoms with Gasteiger partial charge in [-0.2, -0.15) is 35.2 Å². The molecule has 6 aromatic rings. The van der Waals surface area contributed by atoms with Crippen LogP contribution in [0, 0.1) is 41.5 Å². The third-order valence-electron chi connectivity index (χ3n) is 10.00. The van der Waals surface area contributed by atoms with Crippen LogP contribution in [0.25, 0.3) is 21.8 Å². The largest absolute Gasteiger partial charge is 0.507 e. The summed E-state index contributed by atoms with van der Waals surface area (Å²) in [5.74, 6) is 0.0698. The molecule has 0 atom stereocenters. The van der Waals surface area contributed by atoms with E-state index in [0.29, 0.717) is 33.4 Å². The van der Waals surface area contributed by atoms with Crippen molar-refractivity contribution in [3.05, 3.63) is 106 Å². The smallest absolute Gasteiger partial charge is 0.495 e. The summed E-state index contributed by atoms with van der Waals surface area (Å²) in [5.41, 5.74) is 5.45. The van der Waals surface area contributed by atoms with Crippen molar-refractivity contribution >= 4 is 54.4 Å². The Labute approximate surface area is 305 Å². The Balaban J connectivity index is 0.000000187. The van der Waals surface area contributed by atoms with Gasteiger partial charge in [0.1, 0.15) is 5.75 Å². The fourth-order valence-corrected chi connectivity index (χ4v) is 8.83. The molecule has 0 spiro atoms. The zero-order valence-electron chi connectivity index (χ0n) is 31.0. The van der Waals surface area contributed by atoms with Gasteiger partial charge in [0.05, 0.1) is 48.8 Å². The van der Waals surface area contributed by atoms with Crippen molar-refractivity contribution in [3.8, 4) is 5.75 Å². The van der Waals surface area contributed by atoms with Crippen LogP contribution < -0.4 is 5.46 Å². The molecule has 0 bridgehead atoms. The Morgan fingerprint density at radius 1 is 0.577 bits per heavy atom. The number of hydrogen-bond donors (Lipinski definition) is 1. The van der Waals surface area contributed by atoms with Crippen LogP contribution in [-0.2, 0) is 29.4 Å². The number of aromatic hydroxyl groups is 1. The minimum Gasteiger partial charge on any atom is -0.507 e. The van der Waals surface area contributed by atoms with Gasteiger partial charge in [-0.1, -0.05) is 53.1 Å². The van der Waals surface area contributed by atoms with E-state index in [-0.39, 0.29) is 15.5 Å². The maximum Gasteiger partial charge on any atom is 0.495 e. The van der Waals surface area contributed by atoms with Gasteiger partial charge in [0, 0.05) is 5.39 Å². The third-order valence-corrected chi connectivity index (χ3v) is 13.2. The van der Waals surface area contributed by atoms with Gasteiger partial charge in [-0.3, -0.25) is 0 Å². The van der Waals surface area contributed by atoms with E-state index in [1.165, 1.54) is 0 Å². The normalized spacial score (nSPS) is 15.6. The lowest BCUT2D eigenvalue weighted by molar-refractivity contribution is 0.00578. The third kappa shape index (κ3) is 6.21. The zero-order chi connectivity index (χ0) is 38.1. The van der Waals surface area contributed by atoms with Crippen LogP contribution >= 0.6 is 0 Å². The number of nitrogens with zero attached hydrogens (tertiary/aromatic N) is 4. The summed E-state index contributed by atoms with van der Waals surface area (Å²) in [4.78, 5) is 0.373. The lowest BCUT2D eigenvalue weighted by Crippen LogP contribution is -2.41. The molecule has 14 heteroatoms. The van der Waals surface area contributed by atoms with Gasteiger partial charge >= 0.3 is 7.12 Å². The summed E-state index contributed by atoms with van der Waals surface area (Å²) in [6.45, 7) is 19.1. The molecule has 2 aromatic heterocycles. The number of fused-ring (bicyclic) bond motifs is 2. The van der Waals surface area contributed by atoms with E-state index in [2.05, 4.69) is 10.2 Å². The Hall–Kier alpha value is -4.50. The highest BCUT2D eigenvalue weighted by atomic mass is 32.2. The summed E-state index contributed by atoms with van der Waals surface area (Å²) in [6, 6.07) is 20.4. The molecule has 7 rings (SSSR count). The maximum absolute atomic E-state index is 13.3. The standard InChI is InChI=1S/C22H27BN2O4S.C16H16N2O3S/c1-14-8-11-17(12-9-14)30(26,27)25-18-13-10-15(2)20(19(18)16(3)24-25)23-28-21(4,5)22(6,7)29-23;1-10-4-7-13(8-5-10)22(20,21)18-14-9-6-11(2)16(19)15(14)12(3)17-18/h8-13H,1-7H3;4-9,19H,1-3H3. The minimum absolute atomic E-state index is 0.0698. The number of aryl methyl sites for hydroxylation is 6. The van der Waals surface area contributed by atoms with Crippen LogP contribution in [0.15, 0.2) is 82.6 Å². The average Bonchev–Trinajstić information content (AvgIpc) is 3.67. The van der Waals surface area contributed by atoms with Gasteiger partial charge in [-0.25, -0.2) is 0 Å². The van der Waals surface area contributed by atoms with Crippen molar-refractivity contribution in [2.75, 3.05) is 0 Å². The van der Waals surface area contributed by atoms with Crippen molar-refractivity contribution in [1.82, 2.24) is 18.4 Å². The van der Waals surface area contributed by atoms with Crippen LogP contribution in [0.4, 0.5) is 0 Å². The molecule has 1 aliphatic heterocycles. The van der Waals surface area contributed by atoms with E-state index in [1.807, 2.05) is 61.5 Å². The summed E-state index contributed by atoms with van der Waals surface area (Å²) >= 11 is 0. The number of aromatic nitrogens is 4. The maximum atomic E-state index is 13.3. The van der Waals surface area contributed by atoms with E-state index in [4.69, 9.17) is 9.31 Å². The average molecular weight is 743 g/mol. The quantitative estimate of drug-likeness (QED) is 0.199. The Kier molecular flexibility index (Phi) is 9.22. The van der Waals surface area contributed by atoms with E-state index >= 15 is 0 Å². The predicted molar refractivity (Wildman–Crippen MR) is 203 cm³/mol. The molecule has 1 aliphatic rings. The molecule has 52 heavy (non-hydrogen) atoms. The van der Waals surface area contributed by atoms with Crippen molar-refractivity contribution in [3.63, 3.8) is 0 Å². The van der Waals surface area contributed by atoms with Crippen molar-refractivity contribution in [2.45, 2.75) is 90.2 Å². The summed E-state index contributed by atoms with van der Waals surface area (Å²) in [5, 5.41) is 20.0. The molecule has 1 saturated heterocycles. The molecular weight excluding hydrogens is 699 g/mol. The Bertz CT molecular complexity index is 2560. The highest BCUT2D eigenvalue weighted by molar-refractivity contribution is 7.90. The molecule has 0 radical (unpaired) electrons. The van der Waals surface area contributed by atoms with Gasteiger partial charge in [-0.05, 0) is 117 Å². The van der Waals surface area contributed by atoms with Gasteiger partial charge in [0.25, 0.3) is 20.0 Å². The summed E-state index contributed by atoms with van der Waals surface area (Å²) in [6.07, 6.45) is 0. The first-order valence-electron chi connectivity index (χ1n) is 16.8. The highest BCUT2D eigenvalue weighted by Gasteiger charge is 2.52. The van der Waals surface area contributed by atoms with Gasteiger partial charge in [0.15, 0.2) is 0 Å². The number of benzene rings is 4. The molecule has 0 aliphatic carbocycles. The van der Waals surface area contributed by atoms with Crippen molar-refractivity contribution < 1.29 is 31.3 Å². The van der Waals surface area contributed by atoms with Gasteiger partial charge in [-0.15, -0.1) is 0 Å². The molecule has 1 fully saturated rings. The molecule has 3 heterocycles. The SMILES string of the molecule is Cc1ccc(S(=O)(=O)n2nc(C)c3c(B4OC(C)(C)C(C)(C)O4)c(C)ccc32)cc1.Cc1ccc(S(=O)(=O)n2nc(C)c3c(O)c(C)ccc32)cc1. The molecule has 4 aromatic carbocycles. The monoisotopic (exact) mass is 742 g/mol. The molecular formula is C38H43BN4O7S2. The Morgan fingerprint density at radius 2 is 0.962 bits per heavy atom. The first-order chi connectivity index (χ1) is 24.2. The second kappa shape index (κ2) is 12.9. The Morgan fingerprint density at radius 3 is 1.40 bits per heavy atom. The molecule has 1 N–H and O–H groups in total. The number of phenols is 1. The molecule has 272 valence electrons. The second-order valence-corrected chi connectivity index (χ2v) is 17.9. The van der Waals surface area contributed by atoms with Crippen LogP contribution in [0.1, 0.15) is 61.3 Å². The first-order valence-corrected chi connectivity index (χ1v) is 19.7. The lowest BCUT2D eigenvalue weighted by Gasteiger charge is -2.32. The van der Waals surface area contributed by atoms with Crippen LogP contribution in [0.2, 0.25) is 0 Å². The minimum atomic E-state index is -3.84. The molecule has 0 unspecified atom stereocenters. The topological polar surface area (TPSA) is 143 Å². The van der Waals surface area contributed by atoms with E-state index < -0.39 is 38.4 Å². The van der Waals surface area contributed by atoms with E-state index in [1.54, 1.807) is 80.6 Å². The van der Waals surface area contributed by atoms with Crippen LogP contribution in [-0.4, -0.2) is 58.6 Å². The van der Waals surface area contributed by atoms with Crippen molar-refractivity contribution in [1.29, 1.82) is 0 Å². The molecule has 11 nitrogen and oxygen atoms in total.